The zero-order valence-corrected chi connectivity index (χ0v) is 10.5. The zero-order chi connectivity index (χ0) is 13.5. The third-order valence-electron chi connectivity index (χ3n) is 3.80. The Morgan fingerprint density at radius 1 is 1.37 bits per heavy atom. The van der Waals surface area contributed by atoms with Crippen LogP contribution < -0.4 is 5.06 Å². The lowest BCUT2D eigenvalue weighted by molar-refractivity contribution is -0.137. The summed E-state index contributed by atoms with van der Waals surface area (Å²) < 4.78 is 0. The first kappa shape index (κ1) is 12.2. The van der Waals surface area contributed by atoms with Crippen LogP contribution in [0.25, 0.3) is 0 Å². The molecule has 0 aromatic heterocycles. The number of carboxylic acids is 1. The highest BCUT2D eigenvalue weighted by atomic mass is 16.7. The molecule has 5 nitrogen and oxygen atoms in total. The molecule has 3 rings (SSSR count). The van der Waals surface area contributed by atoms with Gasteiger partial charge in [0.05, 0.1) is 25.1 Å². The Morgan fingerprint density at radius 3 is 2.68 bits per heavy atom. The van der Waals surface area contributed by atoms with E-state index in [1.807, 2.05) is 24.3 Å². The largest absolute Gasteiger partial charge is 0.481 e. The fourth-order valence-corrected chi connectivity index (χ4v) is 2.68. The molecular formula is C14H15NO4. The van der Waals surface area contributed by atoms with Crippen LogP contribution in [-0.2, 0) is 19.8 Å². The summed E-state index contributed by atoms with van der Waals surface area (Å²) in [7, 11) is 0. The van der Waals surface area contributed by atoms with Crippen LogP contribution in [0.4, 0.5) is 5.69 Å². The summed E-state index contributed by atoms with van der Waals surface area (Å²) in [6.45, 7) is 0.388. The summed E-state index contributed by atoms with van der Waals surface area (Å²) in [5.74, 6) is -0.875. The quantitative estimate of drug-likeness (QED) is 0.898. The zero-order valence-electron chi connectivity index (χ0n) is 10.5. The molecule has 5 heteroatoms. The first-order chi connectivity index (χ1) is 9.12. The lowest BCUT2D eigenvalue weighted by Gasteiger charge is -2.22. The summed E-state index contributed by atoms with van der Waals surface area (Å²) in [5, 5.41) is 10.4. The van der Waals surface area contributed by atoms with Crippen molar-refractivity contribution in [2.45, 2.75) is 31.1 Å². The number of aliphatic carboxylic acids is 1. The van der Waals surface area contributed by atoms with E-state index >= 15 is 0 Å². The van der Waals surface area contributed by atoms with Crippen molar-refractivity contribution in [3.63, 3.8) is 0 Å². The summed E-state index contributed by atoms with van der Waals surface area (Å²) in [5.41, 5.74) is 1.28. The van der Waals surface area contributed by atoms with Gasteiger partial charge in [0.15, 0.2) is 0 Å². The number of hydrogen-bond acceptors (Lipinski definition) is 3. The molecule has 1 aliphatic carbocycles. The highest BCUT2D eigenvalue weighted by molar-refractivity contribution is 5.94. The Hall–Kier alpha value is -1.88. The Kier molecular flexibility index (Phi) is 2.78. The summed E-state index contributed by atoms with van der Waals surface area (Å²) in [6.07, 6.45) is 2.17. The van der Waals surface area contributed by atoms with Gasteiger partial charge in [0.25, 0.3) is 5.91 Å². The third-order valence-corrected chi connectivity index (χ3v) is 3.80. The van der Waals surface area contributed by atoms with Gasteiger partial charge in [-0.25, -0.2) is 0 Å². The van der Waals surface area contributed by atoms with E-state index in [0.717, 1.165) is 18.4 Å². The predicted octanol–water partition coefficient (Wildman–Crippen LogP) is 1.86. The van der Waals surface area contributed by atoms with E-state index in [2.05, 4.69) is 0 Å². The van der Waals surface area contributed by atoms with E-state index in [1.165, 1.54) is 5.06 Å². The molecule has 1 heterocycles. The van der Waals surface area contributed by atoms with E-state index in [1.54, 1.807) is 0 Å². The first-order valence-electron chi connectivity index (χ1n) is 6.40. The maximum absolute atomic E-state index is 11.8. The highest BCUT2D eigenvalue weighted by Gasteiger charge is 2.48. The number of benzene rings is 1. The van der Waals surface area contributed by atoms with Gasteiger partial charge in [-0.05, 0) is 24.5 Å². The molecule has 0 atom stereocenters. The molecule has 0 bridgehead atoms. The van der Waals surface area contributed by atoms with Crippen molar-refractivity contribution in [2.75, 3.05) is 11.7 Å². The molecule has 19 heavy (non-hydrogen) atoms. The molecule has 2 aliphatic rings. The number of anilines is 1. The Labute approximate surface area is 110 Å². The summed E-state index contributed by atoms with van der Waals surface area (Å²) in [6, 6.07) is 7.44. The van der Waals surface area contributed by atoms with Crippen molar-refractivity contribution in [1.82, 2.24) is 0 Å². The van der Waals surface area contributed by atoms with Crippen LogP contribution in [0.5, 0.6) is 0 Å². The van der Waals surface area contributed by atoms with Crippen molar-refractivity contribution in [1.29, 1.82) is 0 Å². The molecule has 1 aliphatic heterocycles. The van der Waals surface area contributed by atoms with E-state index in [4.69, 9.17) is 9.94 Å². The maximum atomic E-state index is 11.8. The molecule has 2 fully saturated rings. The number of amides is 1. The highest BCUT2D eigenvalue weighted by Crippen LogP contribution is 2.54. The van der Waals surface area contributed by atoms with Crippen LogP contribution >= 0.6 is 0 Å². The second-order valence-electron chi connectivity index (χ2n) is 5.14. The SMILES string of the molecule is O=C(O)CC1(c2ccccc2N2OCCC2=O)CC1. The first-order valence-corrected chi connectivity index (χ1v) is 6.40. The van der Waals surface area contributed by atoms with E-state index in [0.29, 0.717) is 18.7 Å². The molecule has 1 N–H and O–H groups in total. The van der Waals surface area contributed by atoms with Crippen molar-refractivity contribution < 1.29 is 19.5 Å². The smallest absolute Gasteiger partial charge is 0.304 e. The number of carboxylic acid groups (broad SMARTS) is 1. The molecule has 100 valence electrons. The van der Waals surface area contributed by atoms with Gasteiger partial charge in [0.2, 0.25) is 0 Å². The van der Waals surface area contributed by atoms with Crippen LogP contribution in [0.1, 0.15) is 31.2 Å². The lowest BCUT2D eigenvalue weighted by atomic mass is 9.91. The second-order valence-corrected chi connectivity index (χ2v) is 5.14. The van der Waals surface area contributed by atoms with Crippen molar-refractivity contribution in [3.05, 3.63) is 29.8 Å². The molecule has 1 saturated carbocycles. The summed E-state index contributed by atoms with van der Waals surface area (Å²) in [4.78, 5) is 28.2. The number of rotatable bonds is 4. The molecule has 0 unspecified atom stereocenters. The molecule has 1 saturated heterocycles. The normalized spacial score (nSPS) is 20.6. The Balaban J connectivity index is 1.98. The minimum absolute atomic E-state index is 0.0708. The van der Waals surface area contributed by atoms with E-state index in [-0.39, 0.29) is 17.7 Å². The number of para-hydroxylation sites is 1. The number of carbonyl (C=O) groups excluding carboxylic acids is 1. The van der Waals surface area contributed by atoms with Crippen LogP contribution in [0, 0.1) is 0 Å². The Bertz CT molecular complexity index is 536. The monoisotopic (exact) mass is 261 g/mol. The molecule has 1 aromatic rings. The van der Waals surface area contributed by atoms with Crippen LogP contribution in [0.2, 0.25) is 0 Å². The standard InChI is InChI=1S/C14H15NO4/c16-12-5-8-19-15(12)11-4-2-1-3-10(11)14(6-7-14)9-13(17)18/h1-4H,5-9H2,(H,17,18). The van der Waals surface area contributed by atoms with Gasteiger partial charge < -0.3 is 5.11 Å². The van der Waals surface area contributed by atoms with Crippen molar-refractivity contribution in [2.24, 2.45) is 0 Å². The van der Waals surface area contributed by atoms with Gasteiger partial charge in [-0.1, -0.05) is 18.2 Å². The molecule has 1 amide bonds. The fraction of sp³-hybridized carbons (Fsp3) is 0.429. The van der Waals surface area contributed by atoms with E-state index in [9.17, 15) is 9.59 Å². The van der Waals surface area contributed by atoms with Crippen molar-refractivity contribution in [3.8, 4) is 0 Å². The molecular weight excluding hydrogens is 246 g/mol. The summed E-state index contributed by atoms with van der Waals surface area (Å²) >= 11 is 0. The number of carbonyl (C=O) groups is 2. The average Bonchev–Trinajstić information content (AvgIpc) is 3.02. The molecule has 1 aromatic carbocycles. The minimum atomic E-state index is -0.805. The molecule has 0 radical (unpaired) electrons. The number of hydroxylamine groups is 1. The van der Waals surface area contributed by atoms with Crippen LogP contribution in [0.15, 0.2) is 24.3 Å². The van der Waals surface area contributed by atoms with Gasteiger partial charge >= 0.3 is 5.97 Å². The molecule has 0 spiro atoms. The second kappa shape index (κ2) is 4.35. The van der Waals surface area contributed by atoms with Gasteiger partial charge in [-0.2, -0.15) is 5.06 Å². The minimum Gasteiger partial charge on any atom is -0.481 e. The van der Waals surface area contributed by atoms with Gasteiger partial charge in [-0.3, -0.25) is 14.4 Å². The fourth-order valence-electron chi connectivity index (χ4n) is 2.68. The lowest BCUT2D eigenvalue weighted by Crippen LogP contribution is -2.26. The van der Waals surface area contributed by atoms with Gasteiger partial charge in [-0.15, -0.1) is 0 Å². The third kappa shape index (κ3) is 2.10. The average molecular weight is 261 g/mol. The van der Waals surface area contributed by atoms with Crippen LogP contribution in [-0.4, -0.2) is 23.6 Å². The maximum Gasteiger partial charge on any atom is 0.304 e. The topological polar surface area (TPSA) is 66.8 Å². The number of nitrogens with zero attached hydrogens (tertiary/aromatic N) is 1. The Morgan fingerprint density at radius 2 is 2.11 bits per heavy atom. The van der Waals surface area contributed by atoms with Crippen LogP contribution in [0.3, 0.4) is 0 Å². The predicted molar refractivity (Wildman–Crippen MR) is 67.7 cm³/mol. The van der Waals surface area contributed by atoms with Gasteiger partial charge in [0.1, 0.15) is 0 Å². The van der Waals surface area contributed by atoms with Gasteiger partial charge in [0, 0.05) is 5.41 Å². The van der Waals surface area contributed by atoms with E-state index < -0.39 is 5.97 Å². The number of hydrogen-bond donors (Lipinski definition) is 1. The van der Waals surface area contributed by atoms with Crippen molar-refractivity contribution >= 4 is 17.6 Å².